The van der Waals surface area contributed by atoms with Crippen LogP contribution in [0.2, 0.25) is 0 Å². The van der Waals surface area contributed by atoms with Crippen molar-refractivity contribution in [2.75, 3.05) is 6.54 Å². The molecule has 0 aliphatic heterocycles. The quantitative estimate of drug-likeness (QED) is 0.583. The Morgan fingerprint density at radius 2 is 1.86 bits per heavy atom. The molecule has 1 saturated carbocycles. The molecule has 1 fully saturated rings. The molecule has 0 radical (unpaired) electrons. The molecule has 0 saturated heterocycles. The molecule has 1 aliphatic carbocycles. The second-order valence-corrected chi connectivity index (χ2v) is 3.66. The maximum Gasteiger partial charge on any atom is 0.306 e. The summed E-state index contributed by atoms with van der Waals surface area (Å²) in [4.78, 5) is 21.6. The topological polar surface area (TPSA) is 92.4 Å². The fourth-order valence-corrected chi connectivity index (χ4v) is 1.77. The second kappa shape index (κ2) is 4.95. The maximum absolute atomic E-state index is 10.9. The summed E-state index contributed by atoms with van der Waals surface area (Å²) in [5.74, 6) is -1.13. The summed E-state index contributed by atoms with van der Waals surface area (Å²) in [6, 6.07) is 0.113. The molecule has 0 aromatic heterocycles. The van der Waals surface area contributed by atoms with Gasteiger partial charge in [0.1, 0.15) is 0 Å². The summed E-state index contributed by atoms with van der Waals surface area (Å²) in [6.07, 6.45) is 2.76. The van der Waals surface area contributed by atoms with Gasteiger partial charge in [-0.25, -0.2) is 0 Å². The van der Waals surface area contributed by atoms with E-state index in [2.05, 4.69) is 5.32 Å². The Morgan fingerprint density at radius 1 is 1.29 bits per heavy atom. The highest BCUT2D eigenvalue weighted by atomic mass is 16.4. The Bertz CT molecular complexity index is 222. The number of nitrogens with one attached hydrogen (secondary N) is 1. The standard InChI is InChI=1S/C9H16N2O3/c10-5-8(12)11-7-3-1-6(2-4-7)9(13)14/h6-7H,1-5,10H2,(H,11,12)(H,13,14). The lowest BCUT2D eigenvalue weighted by Gasteiger charge is -2.26. The van der Waals surface area contributed by atoms with Gasteiger partial charge in [-0.1, -0.05) is 0 Å². The van der Waals surface area contributed by atoms with E-state index in [0.717, 1.165) is 12.8 Å². The first kappa shape index (κ1) is 11.0. The largest absolute Gasteiger partial charge is 0.481 e. The van der Waals surface area contributed by atoms with E-state index in [1.807, 2.05) is 0 Å². The Hall–Kier alpha value is -1.10. The molecule has 0 aromatic rings. The fraction of sp³-hybridized carbons (Fsp3) is 0.778. The molecule has 1 rings (SSSR count). The lowest BCUT2D eigenvalue weighted by Crippen LogP contribution is -2.41. The molecule has 0 unspecified atom stereocenters. The normalized spacial score (nSPS) is 26.9. The highest BCUT2D eigenvalue weighted by Crippen LogP contribution is 2.24. The molecule has 0 atom stereocenters. The number of carboxylic acid groups (broad SMARTS) is 1. The van der Waals surface area contributed by atoms with Crippen LogP contribution >= 0.6 is 0 Å². The minimum atomic E-state index is -0.728. The van der Waals surface area contributed by atoms with Crippen molar-refractivity contribution in [3.05, 3.63) is 0 Å². The lowest BCUT2D eigenvalue weighted by atomic mass is 9.86. The van der Waals surface area contributed by atoms with Gasteiger partial charge in [0.25, 0.3) is 0 Å². The SMILES string of the molecule is NCC(=O)NC1CCC(C(=O)O)CC1. The van der Waals surface area contributed by atoms with Crippen molar-refractivity contribution in [3.8, 4) is 0 Å². The minimum Gasteiger partial charge on any atom is -0.481 e. The van der Waals surface area contributed by atoms with Crippen LogP contribution < -0.4 is 11.1 Å². The van der Waals surface area contributed by atoms with Crippen LogP contribution in [-0.4, -0.2) is 29.6 Å². The van der Waals surface area contributed by atoms with Crippen molar-refractivity contribution in [1.29, 1.82) is 0 Å². The number of hydrogen-bond donors (Lipinski definition) is 3. The van der Waals surface area contributed by atoms with Gasteiger partial charge in [0.15, 0.2) is 0 Å². The molecule has 0 aromatic carbocycles. The molecular weight excluding hydrogens is 184 g/mol. The summed E-state index contributed by atoms with van der Waals surface area (Å²) < 4.78 is 0. The van der Waals surface area contributed by atoms with Crippen molar-refractivity contribution in [3.63, 3.8) is 0 Å². The van der Waals surface area contributed by atoms with Gasteiger partial charge in [-0.3, -0.25) is 9.59 Å². The number of amides is 1. The third-order valence-corrected chi connectivity index (χ3v) is 2.63. The van der Waals surface area contributed by atoms with Crippen LogP contribution in [0.1, 0.15) is 25.7 Å². The van der Waals surface area contributed by atoms with E-state index in [4.69, 9.17) is 10.8 Å². The molecule has 0 heterocycles. The van der Waals surface area contributed by atoms with Crippen LogP contribution in [0.25, 0.3) is 0 Å². The zero-order valence-corrected chi connectivity index (χ0v) is 8.03. The number of carbonyl (C=O) groups excluding carboxylic acids is 1. The van der Waals surface area contributed by atoms with Gasteiger partial charge in [0, 0.05) is 6.04 Å². The number of aliphatic carboxylic acids is 1. The van der Waals surface area contributed by atoms with Crippen LogP contribution in [0.5, 0.6) is 0 Å². The lowest BCUT2D eigenvalue weighted by molar-refractivity contribution is -0.142. The molecule has 0 bridgehead atoms. The fourth-order valence-electron chi connectivity index (χ4n) is 1.77. The first-order chi connectivity index (χ1) is 6.63. The predicted molar refractivity (Wildman–Crippen MR) is 50.6 cm³/mol. The monoisotopic (exact) mass is 200 g/mol. The average Bonchev–Trinajstić information content (AvgIpc) is 2.18. The molecular formula is C9H16N2O3. The van der Waals surface area contributed by atoms with E-state index in [9.17, 15) is 9.59 Å². The highest BCUT2D eigenvalue weighted by molar-refractivity contribution is 5.78. The molecule has 80 valence electrons. The average molecular weight is 200 g/mol. The Balaban J connectivity index is 2.29. The summed E-state index contributed by atoms with van der Waals surface area (Å²) in [6.45, 7) is -0.00113. The van der Waals surface area contributed by atoms with Crippen molar-refractivity contribution < 1.29 is 14.7 Å². The summed E-state index contributed by atoms with van der Waals surface area (Å²) in [7, 11) is 0. The van der Waals surface area contributed by atoms with Gasteiger partial charge < -0.3 is 16.2 Å². The van der Waals surface area contributed by atoms with Gasteiger partial charge in [0.2, 0.25) is 5.91 Å². The zero-order chi connectivity index (χ0) is 10.6. The molecule has 1 aliphatic rings. The molecule has 5 heteroatoms. The Labute approximate surface area is 82.7 Å². The van der Waals surface area contributed by atoms with Gasteiger partial charge in [-0.05, 0) is 25.7 Å². The second-order valence-electron chi connectivity index (χ2n) is 3.66. The maximum atomic E-state index is 10.9. The number of carboxylic acids is 1. The number of nitrogens with two attached hydrogens (primary N) is 1. The van der Waals surface area contributed by atoms with Crippen LogP contribution in [0.4, 0.5) is 0 Å². The molecule has 1 amide bonds. The number of rotatable bonds is 3. The van der Waals surface area contributed by atoms with Crippen LogP contribution in [0, 0.1) is 5.92 Å². The molecule has 14 heavy (non-hydrogen) atoms. The van der Waals surface area contributed by atoms with Crippen molar-refractivity contribution in [2.45, 2.75) is 31.7 Å². The van der Waals surface area contributed by atoms with Gasteiger partial charge in [0.05, 0.1) is 12.5 Å². The highest BCUT2D eigenvalue weighted by Gasteiger charge is 2.26. The first-order valence-corrected chi connectivity index (χ1v) is 4.85. The van der Waals surface area contributed by atoms with E-state index < -0.39 is 5.97 Å². The van der Waals surface area contributed by atoms with Crippen molar-refractivity contribution in [2.24, 2.45) is 11.7 Å². The molecule has 0 spiro atoms. The predicted octanol–water partition coefficient (Wildman–Crippen LogP) is -0.295. The Morgan fingerprint density at radius 3 is 2.29 bits per heavy atom. The van der Waals surface area contributed by atoms with Crippen molar-refractivity contribution in [1.82, 2.24) is 5.32 Å². The third kappa shape index (κ3) is 2.99. The Kier molecular flexibility index (Phi) is 3.88. The van der Waals surface area contributed by atoms with E-state index in [1.54, 1.807) is 0 Å². The number of carbonyl (C=O) groups is 2. The van der Waals surface area contributed by atoms with Gasteiger partial charge in [-0.15, -0.1) is 0 Å². The summed E-state index contributed by atoms with van der Waals surface area (Å²) in [5.41, 5.74) is 5.16. The van der Waals surface area contributed by atoms with Gasteiger partial charge >= 0.3 is 5.97 Å². The van der Waals surface area contributed by atoms with E-state index >= 15 is 0 Å². The smallest absolute Gasteiger partial charge is 0.306 e. The van der Waals surface area contributed by atoms with Crippen LogP contribution in [0.15, 0.2) is 0 Å². The van der Waals surface area contributed by atoms with Crippen LogP contribution in [0.3, 0.4) is 0 Å². The van der Waals surface area contributed by atoms with Crippen molar-refractivity contribution >= 4 is 11.9 Å². The molecule has 5 nitrogen and oxygen atoms in total. The third-order valence-electron chi connectivity index (χ3n) is 2.63. The summed E-state index contributed by atoms with van der Waals surface area (Å²) in [5, 5.41) is 11.5. The summed E-state index contributed by atoms with van der Waals surface area (Å²) >= 11 is 0. The molecule has 4 N–H and O–H groups in total. The van der Waals surface area contributed by atoms with E-state index in [0.29, 0.717) is 12.8 Å². The van der Waals surface area contributed by atoms with E-state index in [-0.39, 0.29) is 24.4 Å². The van der Waals surface area contributed by atoms with Crippen LogP contribution in [-0.2, 0) is 9.59 Å². The number of hydrogen-bond acceptors (Lipinski definition) is 3. The minimum absolute atomic E-state index is 0.00113. The first-order valence-electron chi connectivity index (χ1n) is 4.85. The van der Waals surface area contributed by atoms with Gasteiger partial charge in [-0.2, -0.15) is 0 Å². The zero-order valence-electron chi connectivity index (χ0n) is 8.03. The van der Waals surface area contributed by atoms with E-state index in [1.165, 1.54) is 0 Å².